The van der Waals surface area contributed by atoms with E-state index in [1.54, 1.807) is 13.3 Å². The maximum absolute atomic E-state index is 6.32. The molecule has 0 aliphatic rings. The lowest BCUT2D eigenvalue weighted by atomic mass is 10.1. The van der Waals surface area contributed by atoms with Crippen LogP contribution in [-0.2, 0) is 6.54 Å². The average molecular weight is 310 g/mol. The van der Waals surface area contributed by atoms with E-state index in [2.05, 4.69) is 27.3 Å². The monoisotopic (exact) mass is 309 g/mol. The Morgan fingerprint density at radius 1 is 1.38 bits per heavy atom. The largest absolute Gasteiger partial charge is 0.481 e. The lowest BCUT2D eigenvalue weighted by Crippen LogP contribution is -2.27. The van der Waals surface area contributed by atoms with Crippen molar-refractivity contribution in [3.05, 3.63) is 35.0 Å². The van der Waals surface area contributed by atoms with Crippen molar-refractivity contribution in [1.82, 2.24) is 25.1 Å². The van der Waals surface area contributed by atoms with Gasteiger partial charge in [0, 0.05) is 12.6 Å². The molecule has 1 atom stereocenters. The topological polar surface area (TPSA) is 64.9 Å². The fourth-order valence-electron chi connectivity index (χ4n) is 2.16. The van der Waals surface area contributed by atoms with Gasteiger partial charge < -0.3 is 10.1 Å². The van der Waals surface area contributed by atoms with Crippen molar-refractivity contribution in [3.8, 4) is 5.88 Å². The number of ether oxygens (including phenoxy) is 1. The second-order valence-electron chi connectivity index (χ2n) is 4.57. The van der Waals surface area contributed by atoms with Crippen molar-refractivity contribution < 1.29 is 4.74 Å². The molecule has 0 aromatic carbocycles. The van der Waals surface area contributed by atoms with Crippen molar-refractivity contribution in [3.63, 3.8) is 0 Å². The number of nitrogens with zero attached hydrogens (tertiary/aromatic N) is 4. The first-order valence-corrected chi connectivity index (χ1v) is 7.39. The maximum atomic E-state index is 6.32. The predicted molar refractivity (Wildman–Crippen MR) is 81.6 cm³/mol. The number of aryl methyl sites for hydroxylation is 1. The van der Waals surface area contributed by atoms with Gasteiger partial charge in [0.2, 0.25) is 5.88 Å². The van der Waals surface area contributed by atoms with Gasteiger partial charge in [0.05, 0.1) is 35.8 Å². The van der Waals surface area contributed by atoms with Crippen LogP contribution in [0.2, 0.25) is 5.02 Å². The Kier molecular flexibility index (Phi) is 5.52. The molecule has 0 aliphatic carbocycles. The second kappa shape index (κ2) is 7.38. The third-order valence-electron chi connectivity index (χ3n) is 3.17. The van der Waals surface area contributed by atoms with E-state index in [0.29, 0.717) is 10.9 Å². The molecule has 0 fully saturated rings. The molecule has 7 heteroatoms. The van der Waals surface area contributed by atoms with Gasteiger partial charge >= 0.3 is 0 Å². The van der Waals surface area contributed by atoms with E-state index in [9.17, 15) is 0 Å². The number of hydrogen-bond acceptors (Lipinski definition) is 5. The number of halogens is 1. The zero-order chi connectivity index (χ0) is 15.2. The summed E-state index contributed by atoms with van der Waals surface area (Å²) < 4.78 is 7.06. The van der Waals surface area contributed by atoms with Crippen LogP contribution < -0.4 is 10.1 Å². The smallest absolute Gasteiger partial charge is 0.216 e. The molecule has 0 bridgehead atoms. The van der Waals surface area contributed by atoms with Crippen LogP contribution in [0.15, 0.2) is 18.6 Å². The molecular formula is C14H20ClN5O. The molecule has 21 heavy (non-hydrogen) atoms. The van der Waals surface area contributed by atoms with E-state index in [-0.39, 0.29) is 6.04 Å². The van der Waals surface area contributed by atoms with E-state index in [0.717, 1.165) is 30.9 Å². The van der Waals surface area contributed by atoms with Gasteiger partial charge in [-0.05, 0) is 19.9 Å². The van der Waals surface area contributed by atoms with Crippen molar-refractivity contribution in [2.24, 2.45) is 0 Å². The minimum absolute atomic E-state index is 0.142. The summed E-state index contributed by atoms with van der Waals surface area (Å²) in [6.07, 6.45) is 4.17. The zero-order valence-electron chi connectivity index (χ0n) is 12.5. The molecule has 114 valence electrons. The highest BCUT2D eigenvalue weighted by molar-refractivity contribution is 6.31. The van der Waals surface area contributed by atoms with Gasteiger partial charge in [-0.25, -0.2) is 9.97 Å². The molecule has 0 saturated carbocycles. The Balaban J connectivity index is 2.44. The fourth-order valence-corrected chi connectivity index (χ4v) is 2.41. The van der Waals surface area contributed by atoms with Gasteiger partial charge in [0.15, 0.2) is 0 Å². The average Bonchev–Trinajstić information content (AvgIpc) is 2.89. The van der Waals surface area contributed by atoms with Crippen LogP contribution in [0.4, 0.5) is 0 Å². The lowest BCUT2D eigenvalue weighted by Gasteiger charge is -2.20. The molecule has 2 aromatic heterocycles. The quantitative estimate of drug-likeness (QED) is 0.851. The minimum atomic E-state index is -0.142. The fraction of sp³-hybridized carbons (Fsp3) is 0.500. The van der Waals surface area contributed by atoms with Crippen LogP contribution in [0.5, 0.6) is 5.88 Å². The molecule has 0 aliphatic heterocycles. The summed E-state index contributed by atoms with van der Waals surface area (Å²) in [6.45, 7) is 5.74. The first-order chi connectivity index (χ1) is 10.2. The molecule has 0 spiro atoms. The Hall–Kier alpha value is -1.66. The van der Waals surface area contributed by atoms with Crippen LogP contribution in [-0.4, -0.2) is 33.4 Å². The Labute approximate surface area is 129 Å². The summed E-state index contributed by atoms with van der Waals surface area (Å²) in [5, 5.41) is 8.39. The summed E-state index contributed by atoms with van der Waals surface area (Å²) in [6, 6.07) is 1.67. The lowest BCUT2D eigenvalue weighted by molar-refractivity contribution is 0.394. The van der Waals surface area contributed by atoms with E-state index in [1.807, 2.05) is 17.7 Å². The van der Waals surface area contributed by atoms with E-state index in [1.165, 1.54) is 6.33 Å². The van der Waals surface area contributed by atoms with Gasteiger partial charge in [-0.15, -0.1) is 0 Å². The van der Waals surface area contributed by atoms with E-state index >= 15 is 0 Å². The second-order valence-corrected chi connectivity index (χ2v) is 4.97. The third-order valence-corrected chi connectivity index (χ3v) is 3.46. The third kappa shape index (κ3) is 3.51. The molecule has 0 amide bonds. The first-order valence-electron chi connectivity index (χ1n) is 7.01. The Bertz CT molecular complexity index is 586. The van der Waals surface area contributed by atoms with Crippen LogP contribution in [0.1, 0.15) is 37.7 Å². The SMILES string of the molecule is CCCNC(c1cc(OC)ncn1)c1c(Cl)cnn1CC. The molecule has 1 N–H and O–H groups in total. The van der Waals surface area contributed by atoms with Crippen LogP contribution in [0.3, 0.4) is 0 Å². The molecule has 2 heterocycles. The summed E-state index contributed by atoms with van der Waals surface area (Å²) in [5.41, 5.74) is 1.72. The van der Waals surface area contributed by atoms with Crippen molar-refractivity contribution in [2.75, 3.05) is 13.7 Å². The number of methoxy groups -OCH3 is 1. The Morgan fingerprint density at radius 2 is 2.19 bits per heavy atom. The van der Waals surface area contributed by atoms with Gasteiger partial charge in [-0.1, -0.05) is 18.5 Å². The zero-order valence-corrected chi connectivity index (χ0v) is 13.3. The molecule has 0 radical (unpaired) electrons. The minimum Gasteiger partial charge on any atom is -0.481 e. The number of hydrogen-bond donors (Lipinski definition) is 1. The standard InChI is InChI=1S/C14H20ClN5O/c1-4-6-16-13(11-7-12(21-3)18-9-17-11)14-10(15)8-19-20(14)5-2/h7-9,13,16H,4-6H2,1-3H3. The van der Waals surface area contributed by atoms with E-state index < -0.39 is 0 Å². The summed E-state index contributed by atoms with van der Waals surface area (Å²) in [5.74, 6) is 0.530. The van der Waals surface area contributed by atoms with Gasteiger partial charge in [0.25, 0.3) is 0 Å². The predicted octanol–water partition coefficient (Wildman–Crippen LogP) is 2.44. The Morgan fingerprint density at radius 3 is 2.86 bits per heavy atom. The molecule has 6 nitrogen and oxygen atoms in total. The molecule has 2 rings (SSSR count). The summed E-state index contributed by atoms with van der Waals surface area (Å²) in [7, 11) is 1.59. The normalized spacial score (nSPS) is 12.4. The van der Waals surface area contributed by atoms with Crippen molar-refractivity contribution in [1.29, 1.82) is 0 Å². The molecule has 0 saturated heterocycles. The number of nitrogens with one attached hydrogen (secondary N) is 1. The molecule has 1 unspecified atom stereocenters. The van der Waals surface area contributed by atoms with Crippen LogP contribution in [0, 0.1) is 0 Å². The first kappa shape index (κ1) is 15.7. The van der Waals surface area contributed by atoms with Gasteiger partial charge in [-0.2, -0.15) is 5.10 Å². The molecular weight excluding hydrogens is 290 g/mol. The maximum Gasteiger partial charge on any atom is 0.216 e. The van der Waals surface area contributed by atoms with Gasteiger partial charge in [0.1, 0.15) is 6.33 Å². The number of rotatable bonds is 7. The summed E-state index contributed by atoms with van der Waals surface area (Å²) in [4.78, 5) is 8.41. The van der Waals surface area contributed by atoms with Gasteiger partial charge in [-0.3, -0.25) is 4.68 Å². The van der Waals surface area contributed by atoms with Crippen LogP contribution in [0.25, 0.3) is 0 Å². The molecule has 2 aromatic rings. The van der Waals surface area contributed by atoms with Crippen molar-refractivity contribution >= 4 is 11.6 Å². The number of aromatic nitrogens is 4. The summed E-state index contributed by atoms with van der Waals surface area (Å²) >= 11 is 6.32. The highest BCUT2D eigenvalue weighted by Crippen LogP contribution is 2.28. The van der Waals surface area contributed by atoms with Crippen molar-refractivity contribution in [2.45, 2.75) is 32.9 Å². The highest BCUT2D eigenvalue weighted by Gasteiger charge is 2.23. The highest BCUT2D eigenvalue weighted by atomic mass is 35.5. The van der Waals surface area contributed by atoms with Crippen LogP contribution >= 0.6 is 11.6 Å². The van der Waals surface area contributed by atoms with E-state index in [4.69, 9.17) is 16.3 Å².